The Hall–Kier alpha value is -1.16. The van der Waals surface area contributed by atoms with Crippen LogP contribution in [-0.4, -0.2) is 24.1 Å². The van der Waals surface area contributed by atoms with Crippen LogP contribution in [0.5, 0.6) is 0 Å². The highest BCUT2D eigenvalue weighted by molar-refractivity contribution is 9.09. The lowest BCUT2D eigenvalue weighted by molar-refractivity contribution is -0.116. The Kier molecular flexibility index (Phi) is 4.03. The van der Waals surface area contributed by atoms with Crippen LogP contribution in [0.2, 0.25) is 0 Å². The summed E-state index contributed by atoms with van der Waals surface area (Å²) in [4.78, 5) is 23.9. The number of benzene rings is 1. The molecular formula is C11H12BrNO2. The minimum atomic E-state index is -0.0328. The first kappa shape index (κ1) is 11.9. The van der Waals surface area contributed by atoms with E-state index in [0.29, 0.717) is 10.9 Å². The van der Waals surface area contributed by atoms with Crippen molar-refractivity contribution in [3.05, 3.63) is 29.8 Å². The number of ketones is 1. The smallest absolute Gasteiger partial charge is 0.223 e. The van der Waals surface area contributed by atoms with Gasteiger partial charge in [0.15, 0.2) is 5.78 Å². The van der Waals surface area contributed by atoms with Crippen molar-refractivity contribution < 1.29 is 9.59 Å². The molecule has 0 heterocycles. The standard InChI is InChI=1S/C11H12BrNO2/c1-8(14)13(2)10-5-3-9(4-6-10)11(15)7-12/h3-6H,7H2,1-2H3. The zero-order chi connectivity index (χ0) is 11.4. The molecule has 80 valence electrons. The molecule has 0 aliphatic carbocycles. The molecule has 1 rings (SSSR count). The Bertz CT molecular complexity index is 373. The first-order valence-electron chi connectivity index (χ1n) is 4.49. The second kappa shape index (κ2) is 5.07. The fourth-order valence-electron chi connectivity index (χ4n) is 1.13. The summed E-state index contributed by atoms with van der Waals surface area (Å²) >= 11 is 3.11. The number of hydrogen-bond acceptors (Lipinski definition) is 2. The summed E-state index contributed by atoms with van der Waals surface area (Å²) in [5.74, 6) is 0.00148. The van der Waals surface area contributed by atoms with Crippen LogP contribution < -0.4 is 4.90 Å². The van der Waals surface area contributed by atoms with Crippen molar-refractivity contribution in [2.45, 2.75) is 6.92 Å². The van der Waals surface area contributed by atoms with Crippen LogP contribution in [-0.2, 0) is 4.79 Å². The van der Waals surface area contributed by atoms with Crippen molar-refractivity contribution in [2.75, 3.05) is 17.3 Å². The van der Waals surface area contributed by atoms with Crippen molar-refractivity contribution in [3.8, 4) is 0 Å². The van der Waals surface area contributed by atoms with Crippen LogP contribution in [0.1, 0.15) is 17.3 Å². The number of alkyl halides is 1. The topological polar surface area (TPSA) is 37.4 Å². The lowest BCUT2D eigenvalue weighted by atomic mass is 10.1. The first-order chi connectivity index (χ1) is 7.06. The van der Waals surface area contributed by atoms with E-state index in [4.69, 9.17) is 0 Å². The number of hydrogen-bond donors (Lipinski definition) is 0. The average molecular weight is 270 g/mol. The summed E-state index contributed by atoms with van der Waals surface area (Å²) in [6, 6.07) is 6.96. The second-order valence-electron chi connectivity index (χ2n) is 3.18. The monoisotopic (exact) mass is 269 g/mol. The highest BCUT2D eigenvalue weighted by Gasteiger charge is 2.07. The molecule has 1 amide bonds. The van der Waals surface area contributed by atoms with E-state index in [1.165, 1.54) is 11.8 Å². The van der Waals surface area contributed by atoms with Crippen LogP contribution in [0.4, 0.5) is 5.69 Å². The SMILES string of the molecule is CC(=O)N(C)c1ccc(C(=O)CBr)cc1. The van der Waals surface area contributed by atoms with Gasteiger partial charge in [0.2, 0.25) is 5.91 Å². The van der Waals surface area contributed by atoms with E-state index < -0.39 is 0 Å². The minimum absolute atomic E-state index is 0.0328. The van der Waals surface area contributed by atoms with Crippen LogP contribution in [0.25, 0.3) is 0 Å². The number of nitrogens with zero attached hydrogens (tertiary/aromatic N) is 1. The Morgan fingerprint density at radius 2 is 1.80 bits per heavy atom. The highest BCUT2D eigenvalue weighted by atomic mass is 79.9. The van der Waals surface area contributed by atoms with Gasteiger partial charge in [-0.05, 0) is 24.3 Å². The van der Waals surface area contributed by atoms with Crippen molar-refractivity contribution >= 4 is 33.3 Å². The van der Waals surface area contributed by atoms with E-state index >= 15 is 0 Å². The summed E-state index contributed by atoms with van der Waals surface area (Å²) < 4.78 is 0. The lowest BCUT2D eigenvalue weighted by Crippen LogP contribution is -2.22. The maximum atomic E-state index is 11.3. The van der Waals surface area contributed by atoms with Gasteiger partial charge in [-0.1, -0.05) is 15.9 Å². The maximum absolute atomic E-state index is 11.3. The Morgan fingerprint density at radius 3 is 2.20 bits per heavy atom. The summed E-state index contributed by atoms with van der Waals surface area (Å²) in [7, 11) is 1.70. The van der Waals surface area contributed by atoms with Gasteiger partial charge in [-0.25, -0.2) is 0 Å². The number of anilines is 1. The maximum Gasteiger partial charge on any atom is 0.223 e. The predicted octanol–water partition coefficient (Wildman–Crippen LogP) is 2.25. The van der Waals surface area contributed by atoms with Gasteiger partial charge in [-0.15, -0.1) is 0 Å². The van der Waals surface area contributed by atoms with Crippen LogP contribution in [0, 0.1) is 0 Å². The molecule has 3 nitrogen and oxygen atoms in total. The second-order valence-corrected chi connectivity index (χ2v) is 3.74. The molecule has 1 aromatic rings. The van der Waals surface area contributed by atoms with Gasteiger partial charge in [-0.3, -0.25) is 9.59 Å². The molecule has 1 aromatic carbocycles. The van der Waals surface area contributed by atoms with Gasteiger partial charge in [0, 0.05) is 25.2 Å². The Morgan fingerprint density at radius 1 is 1.27 bits per heavy atom. The van der Waals surface area contributed by atoms with Crippen LogP contribution in [0.3, 0.4) is 0 Å². The third kappa shape index (κ3) is 2.89. The fourth-order valence-corrected chi connectivity index (χ4v) is 1.45. The molecule has 0 bridgehead atoms. The highest BCUT2D eigenvalue weighted by Crippen LogP contribution is 2.14. The van der Waals surface area contributed by atoms with Gasteiger partial charge in [0.25, 0.3) is 0 Å². The molecule has 0 radical (unpaired) electrons. The third-order valence-corrected chi connectivity index (χ3v) is 2.68. The summed E-state index contributed by atoms with van der Waals surface area (Å²) in [5.41, 5.74) is 1.43. The lowest BCUT2D eigenvalue weighted by Gasteiger charge is -2.14. The van der Waals surface area contributed by atoms with Gasteiger partial charge < -0.3 is 4.90 Å². The largest absolute Gasteiger partial charge is 0.316 e. The van der Waals surface area contributed by atoms with E-state index in [1.54, 1.807) is 31.3 Å². The van der Waals surface area contributed by atoms with E-state index in [2.05, 4.69) is 15.9 Å². The molecule has 0 saturated carbocycles. The summed E-state index contributed by atoms with van der Waals surface area (Å²) in [6.45, 7) is 1.50. The van der Waals surface area contributed by atoms with E-state index in [0.717, 1.165) is 5.69 Å². The number of amides is 1. The van der Waals surface area contributed by atoms with Gasteiger partial charge in [0.1, 0.15) is 0 Å². The Balaban J connectivity index is 2.90. The van der Waals surface area contributed by atoms with E-state index in [1.807, 2.05) is 0 Å². The summed E-state index contributed by atoms with van der Waals surface area (Å²) in [6.07, 6.45) is 0. The van der Waals surface area contributed by atoms with Crippen LogP contribution in [0.15, 0.2) is 24.3 Å². The number of rotatable bonds is 3. The molecule has 4 heteroatoms. The number of halogens is 1. The molecule has 15 heavy (non-hydrogen) atoms. The number of carbonyl (C=O) groups is 2. The van der Waals surface area contributed by atoms with Gasteiger partial charge >= 0.3 is 0 Å². The minimum Gasteiger partial charge on any atom is -0.316 e. The molecule has 0 aliphatic rings. The number of carbonyl (C=O) groups excluding carboxylic acids is 2. The molecule has 0 aliphatic heterocycles. The van der Waals surface area contributed by atoms with Crippen molar-refractivity contribution in [1.29, 1.82) is 0 Å². The van der Waals surface area contributed by atoms with Crippen molar-refractivity contribution in [2.24, 2.45) is 0 Å². The van der Waals surface area contributed by atoms with Gasteiger partial charge in [-0.2, -0.15) is 0 Å². The number of Topliss-reactive ketones (excluding diaryl/α,β-unsaturated/α-hetero) is 1. The first-order valence-corrected chi connectivity index (χ1v) is 5.62. The normalized spacial score (nSPS) is 9.80. The zero-order valence-electron chi connectivity index (χ0n) is 8.66. The van der Waals surface area contributed by atoms with E-state index in [9.17, 15) is 9.59 Å². The molecule has 0 N–H and O–H groups in total. The van der Waals surface area contributed by atoms with Gasteiger partial charge in [0.05, 0.1) is 5.33 Å². The predicted molar refractivity (Wildman–Crippen MR) is 63.7 cm³/mol. The van der Waals surface area contributed by atoms with Crippen molar-refractivity contribution in [1.82, 2.24) is 0 Å². The fraction of sp³-hybridized carbons (Fsp3) is 0.273. The molecule has 0 saturated heterocycles. The zero-order valence-corrected chi connectivity index (χ0v) is 10.2. The quantitative estimate of drug-likeness (QED) is 0.624. The molecular weight excluding hydrogens is 258 g/mol. The van der Waals surface area contributed by atoms with Crippen LogP contribution >= 0.6 is 15.9 Å². The van der Waals surface area contributed by atoms with Crippen molar-refractivity contribution in [3.63, 3.8) is 0 Å². The third-order valence-electron chi connectivity index (χ3n) is 2.17. The summed E-state index contributed by atoms with van der Waals surface area (Å²) in [5, 5.41) is 0.314. The molecule has 0 spiro atoms. The molecule has 0 fully saturated rings. The molecule has 0 atom stereocenters. The molecule has 0 aromatic heterocycles. The van der Waals surface area contributed by atoms with E-state index in [-0.39, 0.29) is 11.7 Å². The Labute approximate surface area is 97.2 Å². The molecule has 0 unspecified atom stereocenters. The average Bonchev–Trinajstić information content (AvgIpc) is 2.27.